The molecule has 0 aliphatic heterocycles. The van der Waals surface area contributed by atoms with Crippen LogP contribution in [0.5, 0.6) is 0 Å². The summed E-state index contributed by atoms with van der Waals surface area (Å²) in [4.78, 5) is 11.7. The van der Waals surface area contributed by atoms with Crippen molar-refractivity contribution in [3.63, 3.8) is 0 Å². The van der Waals surface area contributed by atoms with Gasteiger partial charge in [0.05, 0.1) is 6.26 Å². The number of nitrogens with two attached hydrogens (primary N) is 1. The lowest BCUT2D eigenvalue weighted by Gasteiger charge is -2.10. The zero-order chi connectivity index (χ0) is 17.3. The van der Waals surface area contributed by atoms with Gasteiger partial charge in [0, 0.05) is 34.5 Å². The average molecular weight is 328 g/mol. The normalized spacial score (nSPS) is 11.7. The molecule has 0 amide bonds. The molecule has 0 aliphatic carbocycles. The number of rotatable bonds is 6. The van der Waals surface area contributed by atoms with Crippen LogP contribution in [0.15, 0.2) is 26.0 Å². The fourth-order valence-electron chi connectivity index (χ4n) is 3.40. The van der Waals surface area contributed by atoms with E-state index >= 15 is 0 Å². The van der Waals surface area contributed by atoms with E-state index in [9.17, 15) is 4.79 Å². The second kappa shape index (κ2) is 6.79. The van der Waals surface area contributed by atoms with Crippen LogP contribution in [0.1, 0.15) is 35.1 Å². The number of fused-ring (bicyclic) bond motifs is 2. The number of hydrogen-bond acceptors (Lipinski definition) is 5. The SMILES string of the molecule is Cc1c2oc(=O)cc(C)c2c(C)c2c(CNCCCCN)coc12. The van der Waals surface area contributed by atoms with Crippen LogP contribution in [0.3, 0.4) is 0 Å². The lowest BCUT2D eigenvalue weighted by Crippen LogP contribution is -2.15. The highest BCUT2D eigenvalue weighted by atomic mass is 16.4. The van der Waals surface area contributed by atoms with E-state index in [-0.39, 0.29) is 5.63 Å². The van der Waals surface area contributed by atoms with Crippen molar-refractivity contribution in [2.24, 2.45) is 5.73 Å². The van der Waals surface area contributed by atoms with Crippen molar-refractivity contribution in [2.45, 2.75) is 40.2 Å². The summed E-state index contributed by atoms with van der Waals surface area (Å²) in [5.74, 6) is 0. The molecule has 0 saturated carbocycles. The van der Waals surface area contributed by atoms with Crippen LogP contribution in [0.4, 0.5) is 0 Å². The van der Waals surface area contributed by atoms with Crippen molar-refractivity contribution >= 4 is 21.9 Å². The molecule has 24 heavy (non-hydrogen) atoms. The Morgan fingerprint density at radius 2 is 1.88 bits per heavy atom. The Kier molecular flexibility index (Phi) is 4.73. The molecule has 3 rings (SSSR count). The van der Waals surface area contributed by atoms with Crippen LogP contribution in [-0.4, -0.2) is 13.1 Å². The molecular weight excluding hydrogens is 304 g/mol. The van der Waals surface area contributed by atoms with E-state index < -0.39 is 0 Å². The van der Waals surface area contributed by atoms with Crippen LogP contribution in [-0.2, 0) is 6.54 Å². The fraction of sp³-hybridized carbons (Fsp3) is 0.421. The summed E-state index contributed by atoms with van der Waals surface area (Å²) >= 11 is 0. The zero-order valence-corrected chi connectivity index (χ0v) is 14.5. The van der Waals surface area contributed by atoms with E-state index in [0.717, 1.165) is 71.1 Å². The first kappa shape index (κ1) is 16.7. The molecule has 3 N–H and O–H groups in total. The van der Waals surface area contributed by atoms with Gasteiger partial charge in [-0.25, -0.2) is 4.79 Å². The van der Waals surface area contributed by atoms with Gasteiger partial charge < -0.3 is 19.9 Å². The van der Waals surface area contributed by atoms with Gasteiger partial charge in [-0.05, 0) is 57.8 Å². The minimum atomic E-state index is -0.324. The van der Waals surface area contributed by atoms with Crippen LogP contribution in [0, 0.1) is 20.8 Å². The number of hydrogen-bond donors (Lipinski definition) is 2. The lowest BCUT2D eigenvalue weighted by atomic mass is 9.97. The first-order valence-electron chi connectivity index (χ1n) is 8.39. The predicted molar refractivity (Wildman–Crippen MR) is 96.5 cm³/mol. The summed E-state index contributed by atoms with van der Waals surface area (Å²) in [6.45, 7) is 8.36. The summed E-state index contributed by atoms with van der Waals surface area (Å²) in [5, 5.41) is 5.56. The van der Waals surface area contributed by atoms with Gasteiger partial charge >= 0.3 is 5.63 Å². The Morgan fingerprint density at radius 3 is 2.62 bits per heavy atom. The van der Waals surface area contributed by atoms with Gasteiger partial charge in [0.15, 0.2) is 0 Å². The molecule has 3 aromatic rings. The van der Waals surface area contributed by atoms with Crippen molar-refractivity contribution in [3.8, 4) is 0 Å². The summed E-state index contributed by atoms with van der Waals surface area (Å²) < 4.78 is 11.3. The van der Waals surface area contributed by atoms with E-state index in [2.05, 4.69) is 12.2 Å². The van der Waals surface area contributed by atoms with E-state index in [1.165, 1.54) is 0 Å². The average Bonchev–Trinajstić information content (AvgIpc) is 2.96. The van der Waals surface area contributed by atoms with Crippen LogP contribution in [0.2, 0.25) is 0 Å². The molecule has 2 aromatic heterocycles. The largest absolute Gasteiger partial charge is 0.464 e. The lowest BCUT2D eigenvalue weighted by molar-refractivity contribution is 0.554. The predicted octanol–water partition coefficient (Wildman–Crippen LogP) is 3.29. The molecule has 0 spiro atoms. The smallest absolute Gasteiger partial charge is 0.336 e. The molecule has 0 fully saturated rings. The topological polar surface area (TPSA) is 81.4 Å². The Morgan fingerprint density at radius 1 is 1.08 bits per heavy atom. The fourth-order valence-corrected chi connectivity index (χ4v) is 3.40. The second-order valence-electron chi connectivity index (χ2n) is 6.34. The highest BCUT2D eigenvalue weighted by Gasteiger charge is 2.18. The molecule has 0 radical (unpaired) electrons. The van der Waals surface area contributed by atoms with Crippen molar-refractivity contribution < 1.29 is 8.83 Å². The van der Waals surface area contributed by atoms with Crippen molar-refractivity contribution in [2.75, 3.05) is 13.1 Å². The Balaban J connectivity index is 2.07. The summed E-state index contributed by atoms with van der Waals surface area (Å²) in [6.07, 6.45) is 3.89. The Labute approximate surface area is 140 Å². The molecule has 1 aromatic carbocycles. The molecule has 0 unspecified atom stereocenters. The van der Waals surface area contributed by atoms with Gasteiger partial charge in [0.2, 0.25) is 0 Å². The zero-order valence-electron chi connectivity index (χ0n) is 14.5. The molecule has 128 valence electrons. The standard InChI is InChI=1S/C19H24N2O3/c1-11-8-15(22)24-19-13(3)18-17(12(2)16(11)19)14(10-23-18)9-21-7-5-4-6-20/h8,10,21H,4-7,9,20H2,1-3H3. The molecule has 0 atom stereocenters. The van der Waals surface area contributed by atoms with E-state index in [4.69, 9.17) is 14.6 Å². The molecular formula is C19H24N2O3. The van der Waals surface area contributed by atoms with Gasteiger partial charge in [-0.3, -0.25) is 0 Å². The van der Waals surface area contributed by atoms with Gasteiger partial charge in [0.1, 0.15) is 11.2 Å². The minimum absolute atomic E-state index is 0.324. The Bertz CT molecular complexity index is 937. The van der Waals surface area contributed by atoms with Crippen molar-refractivity contribution in [1.29, 1.82) is 0 Å². The third-order valence-electron chi connectivity index (χ3n) is 4.58. The quantitative estimate of drug-likeness (QED) is 0.536. The third kappa shape index (κ3) is 2.85. The van der Waals surface area contributed by atoms with Crippen LogP contribution in [0.25, 0.3) is 21.9 Å². The van der Waals surface area contributed by atoms with Crippen molar-refractivity contribution in [1.82, 2.24) is 5.32 Å². The molecule has 5 nitrogen and oxygen atoms in total. The second-order valence-corrected chi connectivity index (χ2v) is 6.34. The van der Waals surface area contributed by atoms with E-state index in [1.807, 2.05) is 13.8 Å². The van der Waals surface area contributed by atoms with E-state index in [1.54, 1.807) is 12.3 Å². The van der Waals surface area contributed by atoms with Gasteiger partial charge in [-0.15, -0.1) is 0 Å². The summed E-state index contributed by atoms with van der Waals surface area (Å²) in [6, 6.07) is 1.55. The molecule has 5 heteroatoms. The summed E-state index contributed by atoms with van der Waals surface area (Å²) in [7, 11) is 0. The van der Waals surface area contributed by atoms with Crippen LogP contribution < -0.4 is 16.7 Å². The number of unbranched alkanes of at least 4 members (excludes halogenated alkanes) is 1. The maximum absolute atomic E-state index is 11.7. The number of benzene rings is 1. The first-order chi connectivity index (χ1) is 11.5. The highest BCUT2D eigenvalue weighted by Crippen LogP contribution is 2.35. The third-order valence-corrected chi connectivity index (χ3v) is 4.58. The maximum atomic E-state index is 11.7. The van der Waals surface area contributed by atoms with Crippen molar-refractivity contribution in [3.05, 3.63) is 45.0 Å². The Hall–Kier alpha value is -2.11. The summed E-state index contributed by atoms with van der Waals surface area (Å²) in [5.41, 5.74) is 10.7. The van der Waals surface area contributed by atoms with Gasteiger partial charge in [0.25, 0.3) is 0 Å². The van der Waals surface area contributed by atoms with Gasteiger partial charge in [-0.1, -0.05) is 0 Å². The number of furan rings is 1. The maximum Gasteiger partial charge on any atom is 0.336 e. The van der Waals surface area contributed by atoms with E-state index in [0.29, 0.717) is 5.58 Å². The molecule has 0 bridgehead atoms. The minimum Gasteiger partial charge on any atom is -0.464 e. The highest BCUT2D eigenvalue weighted by molar-refractivity contribution is 6.03. The van der Waals surface area contributed by atoms with Crippen LogP contribution >= 0.6 is 0 Å². The first-order valence-corrected chi connectivity index (χ1v) is 8.39. The number of aryl methyl sites for hydroxylation is 3. The monoisotopic (exact) mass is 328 g/mol. The molecule has 2 heterocycles. The molecule has 0 aliphatic rings. The van der Waals surface area contributed by atoms with Gasteiger partial charge in [-0.2, -0.15) is 0 Å². The molecule has 0 saturated heterocycles. The number of nitrogens with one attached hydrogen (secondary N) is 1.